The number of thiocarbonyl (C=S) groups is 1. The summed E-state index contributed by atoms with van der Waals surface area (Å²) in [6.07, 6.45) is 0.282. The number of carbonyl (C=O) groups excluding carboxylic acids is 1. The summed E-state index contributed by atoms with van der Waals surface area (Å²) in [4.78, 5) is 22.7. The van der Waals surface area contributed by atoms with Crippen LogP contribution in [-0.4, -0.2) is 27.5 Å². The van der Waals surface area contributed by atoms with Crippen LogP contribution in [0.2, 0.25) is 0 Å². The van der Waals surface area contributed by atoms with Gasteiger partial charge in [0.25, 0.3) is 5.69 Å². The monoisotopic (exact) mass is 404 g/mol. The third-order valence-electron chi connectivity index (χ3n) is 3.69. The van der Waals surface area contributed by atoms with Crippen molar-refractivity contribution in [3.05, 3.63) is 75.6 Å². The molecule has 0 bridgehead atoms. The zero-order chi connectivity index (χ0) is 20.9. The number of carbonyl (C=O) groups is 1. The molecule has 1 N–H and O–H groups in total. The van der Waals surface area contributed by atoms with Crippen molar-refractivity contribution in [1.82, 2.24) is 5.32 Å². The van der Waals surface area contributed by atoms with Crippen molar-refractivity contribution in [2.45, 2.75) is 38.8 Å². The first-order valence-corrected chi connectivity index (χ1v) is 8.99. The van der Waals surface area contributed by atoms with Gasteiger partial charge in [-0.2, -0.15) is 0 Å². The second kappa shape index (κ2) is 8.88. The van der Waals surface area contributed by atoms with Crippen LogP contribution in [0.5, 0.6) is 0 Å². The maximum Gasteiger partial charge on any atom is 0.329 e. The van der Waals surface area contributed by atoms with E-state index in [1.165, 1.54) is 6.07 Å². The molecule has 0 aromatic heterocycles. The summed E-state index contributed by atoms with van der Waals surface area (Å²) in [5, 5.41) is 13.6. The highest BCUT2D eigenvalue weighted by molar-refractivity contribution is 7.80. The largest absolute Gasteiger partial charge is 0.458 e. The standard InChI is InChI=1S/C20H21FN2O4S/c1-20(2,3)27-19(24)17(11-13-7-5-4-6-8-13)22-18(28)15-10-9-14(23(25)26)12-16(15)21/h4-10,12,17H,11H2,1-3H3,(H,22,28). The van der Waals surface area contributed by atoms with Crippen LogP contribution in [0.4, 0.5) is 10.1 Å². The molecule has 8 heteroatoms. The Morgan fingerprint density at radius 3 is 2.43 bits per heavy atom. The van der Waals surface area contributed by atoms with Gasteiger partial charge < -0.3 is 10.1 Å². The van der Waals surface area contributed by atoms with Crippen LogP contribution in [0.25, 0.3) is 0 Å². The first kappa shape index (κ1) is 21.4. The molecule has 0 saturated heterocycles. The van der Waals surface area contributed by atoms with E-state index in [2.05, 4.69) is 5.32 Å². The summed E-state index contributed by atoms with van der Waals surface area (Å²) >= 11 is 5.24. The smallest absolute Gasteiger partial charge is 0.329 e. The minimum Gasteiger partial charge on any atom is -0.458 e. The molecule has 28 heavy (non-hydrogen) atoms. The number of rotatable bonds is 6. The molecule has 0 spiro atoms. The Kier molecular flexibility index (Phi) is 6.80. The number of nitro groups is 1. The van der Waals surface area contributed by atoms with Crippen LogP contribution in [0.15, 0.2) is 48.5 Å². The SMILES string of the molecule is CC(C)(C)OC(=O)C(Cc1ccccc1)NC(=S)c1ccc([N+](=O)[O-])cc1F. The molecule has 1 atom stereocenters. The molecular weight excluding hydrogens is 383 g/mol. The third kappa shape index (κ3) is 6.09. The molecule has 0 aliphatic heterocycles. The molecule has 0 fully saturated rings. The summed E-state index contributed by atoms with van der Waals surface area (Å²) in [5.41, 5.74) is -0.231. The van der Waals surface area contributed by atoms with Crippen molar-refractivity contribution >= 4 is 28.9 Å². The molecular formula is C20H21FN2O4S. The molecule has 2 rings (SSSR count). The molecule has 148 valence electrons. The Bertz CT molecular complexity index is 882. The number of hydrogen-bond donors (Lipinski definition) is 1. The van der Waals surface area contributed by atoms with Crippen molar-refractivity contribution in [2.24, 2.45) is 0 Å². The lowest BCUT2D eigenvalue weighted by Crippen LogP contribution is -2.45. The predicted molar refractivity (Wildman–Crippen MR) is 108 cm³/mol. The van der Waals surface area contributed by atoms with E-state index in [4.69, 9.17) is 17.0 Å². The molecule has 0 amide bonds. The molecule has 0 radical (unpaired) electrons. The van der Waals surface area contributed by atoms with Gasteiger partial charge in [0.2, 0.25) is 0 Å². The van der Waals surface area contributed by atoms with E-state index in [0.29, 0.717) is 0 Å². The van der Waals surface area contributed by atoms with Crippen molar-refractivity contribution in [2.75, 3.05) is 0 Å². The number of ether oxygens (including phenoxy) is 1. The van der Waals surface area contributed by atoms with Gasteiger partial charge >= 0.3 is 5.97 Å². The van der Waals surface area contributed by atoms with E-state index in [1.54, 1.807) is 20.8 Å². The average Bonchev–Trinajstić information content (AvgIpc) is 2.60. The first-order chi connectivity index (χ1) is 13.1. The quantitative estimate of drug-likeness (QED) is 0.340. The minimum absolute atomic E-state index is 0.0257. The maximum absolute atomic E-state index is 14.3. The summed E-state index contributed by atoms with van der Waals surface area (Å²) in [5.74, 6) is -1.37. The number of benzene rings is 2. The van der Waals surface area contributed by atoms with Gasteiger partial charge in [0, 0.05) is 18.1 Å². The molecule has 0 aliphatic rings. The van der Waals surface area contributed by atoms with Gasteiger partial charge in [0.05, 0.1) is 11.0 Å². The van der Waals surface area contributed by atoms with Gasteiger partial charge in [0.1, 0.15) is 22.4 Å². The van der Waals surface area contributed by atoms with Gasteiger partial charge in [-0.15, -0.1) is 0 Å². The second-order valence-electron chi connectivity index (χ2n) is 7.17. The van der Waals surface area contributed by atoms with Gasteiger partial charge in [-0.05, 0) is 32.4 Å². The van der Waals surface area contributed by atoms with Crippen LogP contribution < -0.4 is 5.32 Å². The molecule has 6 nitrogen and oxygen atoms in total. The summed E-state index contributed by atoms with van der Waals surface area (Å²) in [6.45, 7) is 5.25. The highest BCUT2D eigenvalue weighted by Crippen LogP contribution is 2.18. The third-order valence-corrected chi connectivity index (χ3v) is 4.03. The predicted octanol–water partition coefficient (Wildman–Crippen LogP) is 3.95. The topological polar surface area (TPSA) is 81.5 Å². The highest BCUT2D eigenvalue weighted by atomic mass is 32.1. The van der Waals surface area contributed by atoms with Crippen molar-refractivity contribution in [3.63, 3.8) is 0 Å². The van der Waals surface area contributed by atoms with Crippen molar-refractivity contribution < 1.29 is 18.8 Å². The lowest BCUT2D eigenvalue weighted by Gasteiger charge is -2.25. The van der Waals surface area contributed by atoms with Crippen LogP contribution in [-0.2, 0) is 16.0 Å². The van der Waals surface area contributed by atoms with Crippen LogP contribution in [0.3, 0.4) is 0 Å². The number of nitro benzene ring substituents is 1. The summed E-state index contributed by atoms with van der Waals surface area (Å²) in [7, 11) is 0. The number of nitrogens with one attached hydrogen (secondary N) is 1. The zero-order valence-corrected chi connectivity index (χ0v) is 16.6. The fourth-order valence-corrected chi connectivity index (χ4v) is 2.76. The van der Waals surface area contributed by atoms with E-state index < -0.39 is 28.4 Å². The Morgan fingerprint density at radius 1 is 1.25 bits per heavy atom. The Balaban J connectivity index is 2.24. The number of non-ortho nitro benzene ring substituents is 1. The van der Waals surface area contributed by atoms with Crippen LogP contribution >= 0.6 is 12.2 Å². The molecule has 0 saturated carbocycles. The summed E-state index contributed by atoms with van der Waals surface area (Å²) in [6, 6.07) is 11.6. The number of nitrogens with zero attached hydrogens (tertiary/aromatic N) is 1. The fraction of sp³-hybridized carbons (Fsp3) is 0.300. The highest BCUT2D eigenvalue weighted by Gasteiger charge is 2.27. The lowest BCUT2D eigenvalue weighted by molar-refractivity contribution is -0.385. The first-order valence-electron chi connectivity index (χ1n) is 8.58. The van der Waals surface area contributed by atoms with Gasteiger partial charge in [-0.25, -0.2) is 9.18 Å². The maximum atomic E-state index is 14.3. The average molecular weight is 404 g/mol. The molecule has 0 heterocycles. The summed E-state index contributed by atoms with van der Waals surface area (Å²) < 4.78 is 19.7. The van der Waals surface area contributed by atoms with E-state index in [9.17, 15) is 19.3 Å². The van der Waals surface area contributed by atoms with Crippen LogP contribution in [0, 0.1) is 15.9 Å². The fourth-order valence-electron chi connectivity index (χ4n) is 2.45. The van der Waals surface area contributed by atoms with Gasteiger partial charge in [0.15, 0.2) is 0 Å². The normalized spacial score (nSPS) is 12.1. The lowest BCUT2D eigenvalue weighted by atomic mass is 10.0. The van der Waals surface area contributed by atoms with Gasteiger partial charge in [-0.1, -0.05) is 42.5 Å². The Labute approximate surface area is 167 Å². The minimum atomic E-state index is -0.844. The van der Waals surface area contributed by atoms with E-state index >= 15 is 0 Å². The number of esters is 1. The van der Waals surface area contributed by atoms with Crippen molar-refractivity contribution in [3.8, 4) is 0 Å². The molecule has 1 unspecified atom stereocenters. The molecule has 2 aromatic carbocycles. The van der Waals surface area contributed by atoms with E-state index in [1.807, 2.05) is 30.3 Å². The molecule has 2 aromatic rings. The Hall–Kier alpha value is -2.87. The van der Waals surface area contributed by atoms with Crippen LogP contribution in [0.1, 0.15) is 31.9 Å². The second-order valence-corrected chi connectivity index (χ2v) is 7.58. The zero-order valence-electron chi connectivity index (χ0n) is 15.8. The van der Waals surface area contributed by atoms with E-state index in [-0.39, 0.29) is 22.7 Å². The Morgan fingerprint density at radius 2 is 1.89 bits per heavy atom. The molecule has 0 aliphatic carbocycles. The number of halogens is 1. The van der Waals surface area contributed by atoms with E-state index in [0.717, 1.165) is 17.7 Å². The van der Waals surface area contributed by atoms with Crippen molar-refractivity contribution in [1.29, 1.82) is 0 Å². The van der Waals surface area contributed by atoms with Gasteiger partial charge in [-0.3, -0.25) is 10.1 Å². The number of hydrogen-bond acceptors (Lipinski definition) is 5.